The average molecular weight is 489 g/mol. The van der Waals surface area contributed by atoms with Crippen molar-refractivity contribution >= 4 is 41.3 Å². The van der Waals surface area contributed by atoms with E-state index in [1.165, 1.54) is 10.4 Å². The summed E-state index contributed by atoms with van der Waals surface area (Å²) in [4.78, 5) is 5.99. The third kappa shape index (κ3) is 6.68. The Hall–Kier alpha value is -1.48. The molecule has 5 nitrogen and oxygen atoms in total. The van der Waals surface area contributed by atoms with Crippen LogP contribution in [0.5, 0.6) is 11.5 Å². The van der Waals surface area contributed by atoms with Crippen molar-refractivity contribution < 1.29 is 9.47 Å². The second-order valence-electron chi connectivity index (χ2n) is 5.49. The Labute approximate surface area is 177 Å². The summed E-state index contributed by atoms with van der Waals surface area (Å²) >= 11 is 1.76. The third-order valence-electron chi connectivity index (χ3n) is 3.68. The summed E-state index contributed by atoms with van der Waals surface area (Å²) in [5.74, 6) is 2.31. The van der Waals surface area contributed by atoms with E-state index in [1.54, 1.807) is 18.4 Å². The van der Waals surface area contributed by atoms with Gasteiger partial charge in [0.2, 0.25) is 0 Å². The normalized spacial score (nSPS) is 10.8. The van der Waals surface area contributed by atoms with Gasteiger partial charge in [0.05, 0.1) is 26.8 Å². The molecular formula is C19H28IN3O2S. The van der Waals surface area contributed by atoms with E-state index in [-0.39, 0.29) is 24.0 Å². The van der Waals surface area contributed by atoms with E-state index in [4.69, 9.17) is 9.47 Å². The number of aryl methyl sites for hydroxylation is 1. The van der Waals surface area contributed by atoms with E-state index in [0.717, 1.165) is 36.1 Å². The topological polar surface area (TPSA) is 54.9 Å². The maximum Gasteiger partial charge on any atom is 0.191 e. The quantitative estimate of drug-likeness (QED) is 0.329. The van der Waals surface area contributed by atoms with E-state index in [0.29, 0.717) is 13.2 Å². The number of benzene rings is 1. The number of guanidine groups is 1. The standard InChI is InChI=1S/C19H27N3O2S.HI/c1-5-20-19(22-13-18-14(3)9-10-25-18)21-12-15-7-8-16(24-6-2)17(11-15)23-4;/h7-11H,5-6,12-13H2,1-4H3,(H2,20,21,22);1H. The van der Waals surface area contributed by atoms with Crippen molar-refractivity contribution in [2.45, 2.75) is 33.9 Å². The second-order valence-corrected chi connectivity index (χ2v) is 6.49. The van der Waals surface area contributed by atoms with Crippen LogP contribution in [0.1, 0.15) is 29.9 Å². The molecule has 2 N–H and O–H groups in total. The predicted octanol–water partition coefficient (Wildman–Crippen LogP) is 4.34. The van der Waals surface area contributed by atoms with E-state index in [1.807, 2.05) is 25.1 Å². The van der Waals surface area contributed by atoms with Gasteiger partial charge in [-0.3, -0.25) is 0 Å². The number of thiophene rings is 1. The van der Waals surface area contributed by atoms with Gasteiger partial charge < -0.3 is 20.1 Å². The Bertz CT molecular complexity index is 704. The smallest absolute Gasteiger partial charge is 0.191 e. The molecule has 0 fully saturated rings. The summed E-state index contributed by atoms with van der Waals surface area (Å²) in [6.07, 6.45) is 0. The second kappa shape index (κ2) is 12.0. The van der Waals surface area contributed by atoms with Crippen LogP contribution in [-0.4, -0.2) is 26.2 Å². The molecule has 0 bridgehead atoms. The van der Waals surface area contributed by atoms with Crippen LogP contribution in [0.25, 0.3) is 0 Å². The number of hydrogen-bond acceptors (Lipinski definition) is 4. The van der Waals surface area contributed by atoms with E-state index < -0.39 is 0 Å². The van der Waals surface area contributed by atoms with Gasteiger partial charge >= 0.3 is 0 Å². The minimum absolute atomic E-state index is 0. The third-order valence-corrected chi connectivity index (χ3v) is 4.70. The van der Waals surface area contributed by atoms with Crippen molar-refractivity contribution in [2.75, 3.05) is 20.3 Å². The lowest BCUT2D eigenvalue weighted by Crippen LogP contribution is -2.36. The van der Waals surface area contributed by atoms with Crippen molar-refractivity contribution in [1.82, 2.24) is 10.6 Å². The Morgan fingerprint density at radius 1 is 1.15 bits per heavy atom. The van der Waals surface area contributed by atoms with Crippen molar-refractivity contribution in [3.05, 3.63) is 45.6 Å². The summed E-state index contributed by atoms with van der Waals surface area (Å²) in [5.41, 5.74) is 2.38. The van der Waals surface area contributed by atoms with Crippen molar-refractivity contribution in [3.8, 4) is 11.5 Å². The molecule has 0 unspecified atom stereocenters. The summed E-state index contributed by atoms with van der Waals surface area (Å²) in [5, 5.41) is 8.78. The predicted molar refractivity (Wildman–Crippen MR) is 120 cm³/mol. The molecule has 0 saturated carbocycles. The SMILES string of the molecule is CCNC(=NCc1ccc(OCC)c(OC)c1)NCc1sccc1C.I. The molecule has 1 aromatic heterocycles. The minimum Gasteiger partial charge on any atom is -0.493 e. The zero-order chi connectivity index (χ0) is 18.1. The van der Waals surface area contributed by atoms with Gasteiger partial charge in [0.15, 0.2) is 17.5 Å². The summed E-state index contributed by atoms with van der Waals surface area (Å²) < 4.78 is 11.0. The molecule has 0 aliphatic heterocycles. The van der Waals surface area contributed by atoms with Crippen LogP contribution < -0.4 is 20.1 Å². The van der Waals surface area contributed by atoms with Crippen LogP contribution in [0.2, 0.25) is 0 Å². The molecule has 26 heavy (non-hydrogen) atoms. The first-order valence-corrected chi connectivity index (χ1v) is 9.40. The van der Waals surface area contributed by atoms with Crippen molar-refractivity contribution in [2.24, 2.45) is 4.99 Å². The Kier molecular flexibility index (Phi) is 10.4. The fourth-order valence-corrected chi connectivity index (χ4v) is 3.19. The van der Waals surface area contributed by atoms with Crippen molar-refractivity contribution in [3.63, 3.8) is 0 Å². The number of rotatable bonds is 8. The molecule has 1 aromatic carbocycles. The van der Waals surface area contributed by atoms with Gasteiger partial charge in [0, 0.05) is 11.4 Å². The fourth-order valence-electron chi connectivity index (χ4n) is 2.35. The average Bonchev–Trinajstić information content (AvgIpc) is 3.03. The number of halogens is 1. The van der Waals surface area contributed by atoms with Crippen LogP contribution in [0.15, 0.2) is 34.6 Å². The van der Waals surface area contributed by atoms with Crippen LogP contribution in [0.3, 0.4) is 0 Å². The number of ether oxygens (including phenoxy) is 2. The van der Waals surface area contributed by atoms with Crippen LogP contribution in [0.4, 0.5) is 0 Å². The van der Waals surface area contributed by atoms with Crippen LogP contribution >= 0.6 is 35.3 Å². The molecule has 0 radical (unpaired) electrons. The van der Waals surface area contributed by atoms with Gasteiger partial charge in [-0.15, -0.1) is 35.3 Å². The Balaban J connectivity index is 0.00000338. The molecule has 0 aliphatic rings. The Morgan fingerprint density at radius 2 is 1.96 bits per heavy atom. The lowest BCUT2D eigenvalue weighted by molar-refractivity contribution is 0.310. The highest BCUT2D eigenvalue weighted by Crippen LogP contribution is 2.28. The van der Waals surface area contributed by atoms with E-state index >= 15 is 0 Å². The maximum atomic E-state index is 5.55. The number of nitrogens with zero attached hydrogens (tertiary/aromatic N) is 1. The van der Waals surface area contributed by atoms with E-state index in [9.17, 15) is 0 Å². The molecule has 0 saturated heterocycles. The number of hydrogen-bond donors (Lipinski definition) is 2. The lowest BCUT2D eigenvalue weighted by atomic mass is 10.2. The highest BCUT2D eigenvalue weighted by Gasteiger charge is 2.06. The molecule has 2 aromatic rings. The van der Waals surface area contributed by atoms with Gasteiger partial charge in [-0.05, 0) is 55.5 Å². The maximum absolute atomic E-state index is 5.55. The first kappa shape index (κ1) is 22.6. The zero-order valence-corrected chi connectivity index (χ0v) is 18.9. The Morgan fingerprint density at radius 3 is 2.58 bits per heavy atom. The molecule has 0 aliphatic carbocycles. The van der Waals surface area contributed by atoms with Crippen molar-refractivity contribution in [1.29, 1.82) is 0 Å². The molecule has 1 heterocycles. The molecule has 2 rings (SSSR count). The minimum atomic E-state index is 0. The molecule has 7 heteroatoms. The molecule has 0 atom stereocenters. The first-order valence-electron chi connectivity index (χ1n) is 8.52. The summed E-state index contributed by atoms with van der Waals surface area (Å²) in [6, 6.07) is 8.06. The lowest BCUT2D eigenvalue weighted by Gasteiger charge is -2.12. The number of methoxy groups -OCH3 is 1. The zero-order valence-electron chi connectivity index (χ0n) is 15.8. The molecule has 144 valence electrons. The summed E-state index contributed by atoms with van der Waals surface area (Å²) in [7, 11) is 1.65. The largest absolute Gasteiger partial charge is 0.493 e. The van der Waals surface area contributed by atoms with Gasteiger partial charge in [-0.1, -0.05) is 6.07 Å². The van der Waals surface area contributed by atoms with Gasteiger partial charge in [0.1, 0.15) is 0 Å². The highest BCUT2D eigenvalue weighted by atomic mass is 127. The monoisotopic (exact) mass is 489 g/mol. The van der Waals surface area contributed by atoms with Crippen LogP contribution in [-0.2, 0) is 13.1 Å². The highest BCUT2D eigenvalue weighted by molar-refractivity contribution is 14.0. The van der Waals surface area contributed by atoms with E-state index in [2.05, 4.69) is 40.9 Å². The van der Waals surface area contributed by atoms with Crippen LogP contribution in [0, 0.1) is 6.92 Å². The fraction of sp³-hybridized carbons (Fsp3) is 0.421. The van der Waals surface area contributed by atoms with Gasteiger partial charge in [0.25, 0.3) is 0 Å². The molecular weight excluding hydrogens is 461 g/mol. The first-order chi connectivity index (χ1) is 12.2. The number of aliphatic imine (C=N–C) groups is 1. The molecule has 0 spiro atoms. The number of nitrogens with one attached hydrogen (secondary N) is 2. The molecule has 0 amide bonds. The van der Waals surface area contributed by atoms with Gasteiger partial charge in [-0.25, -0.2) is 4.99 Å². The van der Waals surface area contributed by atoms with Gasteiger partial charge in [-0.2, -0.15) is 0 Å². The summed E-state index contributed by atoms with van der Waals surface area (Å²) in [6.45, 7) is 8.94.